The van der Waals surface area contributed by atoms with Crippen molar-refractivity contribution in [3.63, 3.8) is 0 Å². The lowest BCUT2D eigenvalue weighted by atomic mass is 9.92. The van der Waals surface area contributed by atoms with Crippen LogP contribution in [0.1, 0.15) is 37.3 Å². The molecule has 1 fully saturated rings. The normalized spacial score (nSPS) is 14.4. The van der Waals surface area contributed by atoms with E-state index in [4.69, 9.17) is 16.3 Å². The molecule has 7 heteroatoms. The van der Waals surface area contributed by atoms with Crippen molar-refractivity contribution in [1.82, 2.24) is 9.99 Å². The summed E-state index contributed by atoms with van der Waals surface area (Å²) in [6.07, 6.45) is 4.02. The third kappa shape index (κ3) is 3.58. The SMILES string of the molecule is CN=C(CCOc1ccc2c(C#N)c(-c3ccc(N)cc3)n(C3CCC3)c2c1)NN. The largest absolute Gasteiger partial charge is 0.493 e. The highest BCUT2D eigenvalue weighted by Gasteiger charge is 2.27. The summed E-state index contributed by atoms with van der Waals surface area (Å²) in [4.78, 5) is 4.06. The van der Waals surface area contributed by atoms with Crippen LogP contribution in [0.4, 0.5) is 5.69 Å². The number of nitrogen functional groups attached to an aromatic ring is 1. The maximum Gasteiger partial charge on any atom is 0.121 e. The van der Waals surface area contributed by atoms with E-state index in [0.29, 0.717) is 36.2 Å². The van der Waals surface area contributed by atoms with Gasteiger partial charge in [0.1, 0.15) is 17.7 Å². The number of aromatic nitrogens is 1. The topological polar surface area (TPSA) is 114 Å². The molecule has 3 aromatic rings. The molecule has 5 N–H and O–H groups in total. The third-order valence-corrected chi connectivity index (χ3v) is 5.76. The Labute approximate surface area is 175 Å². The number of hydrazine groups is 1. The predicted octanol–water partition coefficient (Wildman–Crippen LogP) is 3.75. The van der Waals surface area contributed by atoms with Crippen LogP contribution in [0.5, 0.6) is 5.75 Å². The molecule has 1 aliphatic carbocycles. The molecule has 0 spiro atoms. The number of nitrogens with one attached hydrogen (secondary N) is 1. The first kappa shape index (κ1) is 19.8. The quantitative estimate of drug-likeness (QED) is 0.191. The molecule has 0 amide bonds. The minimum Gasteiger partial charge on any atom is -0.493 e. The highest BCUT2D eigenvalue weighted by Crippen LogP contribution is 2.43. The van der Waals surface area contributed by atoms with Gasteiger partial charge in [-0.1, -0.05) is 12.1 Å². The maximum absolute atomic E-state index is 9.99. The number of fused-ring (bicyclic) bond motifs is 1. The minimum atomic E-state index is 0.387. The fraction of sp³-hybridized carbons (Fsp3) is 0.304. The van der Waals surface area contributed by atoms with Crippen LogP contribution < -0.4 is 21.7 Å². The summed E-state index contributed by atoms with van der Waals surface area (Å²) < 4.78 is 8.27. The number of amidine groups is 1. The molecule has 1 saturated carbocycles. The Morgan fingerprint density at radius 1 is 1.27 bits per heavy atom. The number of nitriles is 1. The first-order valence-corrected chi connectivity index (χ1v) is 10.1. The van der Waals surface area contributed by atoms with Crippen LogP contribution in [0.15, 0.2) is 47.5 Å². The fourth-order valence-electron chi connectivity index (χ4n) is 3.96. The smallest absolute Gasteiger partial charge is 0.121 e. The van der Waals surface area contributed by atoms with Gasteiger partial charge in [0.2, 0.25) is 0 Å². The number of nitrogens with two attached hydrogens (primary N) is 2. The van der Waals surface area contributed by atoms with Gasteiger partial charge in [-0.3, -0.25) is 4.99 Å². The van der Waals surface area contributed by atoms with Crippen molar-refractivity contribution in [2.45, 2.75) is 31.7 Å². The molecule has 30 heavy (non-hydrogen) atoms. The molecule has 0 unspecified atom stereocenters. The second-order valence-electron chi connectivity index (χ2n) is 7.50. The van der Waals surface area contributed by atoms with Crippen molar-refractivity contribution in [2.24, 2.45) is 10.8 Å². The molecule has 0 saturated heterocycles. The summed E-state index contributed by atoms with van der Waals surface area (Å²) >= 11 is 0. The van der Waals surface area contributed by atoms with E-state index in [1.807, 2.05) is 42.5 Å². The first-order valence-electron chi connectivity index (χ1n) is 10.1. The van der Waals surface area contributed by atoms with E-state index in [-0.39, 0.29) is 0 Å². The van der Waals surface area contributed by atoms with E-state index in [9.17, 15) is 5.26 Å². The summed E-state index contributed by atoms with van der Waals surface area (Å²) in [5.74, 6) is 6.88. The summed E-state index contributed by atoms with van der Waals surface area (Å²) in [6, 6.07) is 16.5. The standard InChI is InChI=1S/C23H26N6O/c1-27-22(28-26)11-12-30-18-9-10-19-20(14-24)23(15-5-7-16(25)8-6-15)29(21(19)13-18)17-3-2-4-17/h5-10,13,17H,2-4,11-12,25-26H2,1H3,(H,27,28). The molecule has 4 rings (SSSR count). The second-order valence-corrected chi connectivity index (χ2v) is 7.50. The van der Waals surface area contributed by atoms with Gasteiger partial charge in [0, 0.05) is 36.7 Å². The van der Waals surface area contributed by atoms with Crippen LogP contribution >= 0.6 is 0 Å². The molecular weight excluding hydrogens is 376 g/mol. The third-order valence-electron chi connectivity index (χ3n) is 5.76. The average molecular weight is 403 g/mol. The fourth-order valence-corrected chi connectivity index (χ4v) is 3.96. The van der Waals surface area contributed by atoms with Gasteiger partial charge in [0.25, 0.3) is 0 Å². The zero-order valence-corrected chi connectivity index (χ0v) is 17.1. The van der Waals surface area contributed by atoms with Crippen molar-refractivity contribution in [3.8, 4) is 23.1 Å². The highest BCUT2D eigenvalue weighted by atomic mass is 16.5. The molecule has 1 aromatic heterocycles. The zero-order chi connectivity index (χ0) is 21.1. The highest BCUT2D eigenvalue weighted by molar-refractivity contribution is 5.95. The van der Waals surface area contributed by atoms with E-state index in [1.54, 1.807) is 7.05 Å². The first-order chi connectivity index (χ1) is 14.7. The Morgan fingerprint density at radius 3 is 2.63 bits per heavy atom. The Bertz CT molecular complexity index is 1120. The van der Waals surface area contributed by atoms with E-state index in [2.05, 4.69) is 21.1 Å². The molecule has 0 aliphatic heterocycles. The van der Waals surface area contributed by atoms with Crippen molar-refractivity contribution in [2.75, 3.05) is 19.4 Å². The molecule has 2 aromatic carbocycles. The Hall–Kier alpha value is -3.50. The van der Waals surface area contributed by atoms with Crippen LogP contribution in [0.2, 0.25) is 0 Å². The molecule has 1 heterocycles. The molecule has 7 nitrogen and oxygen atoms in total. The number of nitrogens with zero attached hydrogens (tertiary/aromatic N) is 3. The molecule has 0 atom stereocenters. The molecule has 0 bridgehead atoms. The van der Waals surface area contributed by atoms with Gasteiger partial charge < -0.3 is 20.5 Å². The Kier molecular flexibility index (Phi) is 5.59. The summed E-state index contributed by atoms with van der Waals surface area (Å²) in [5, 5.41) is 10.9. The van der Waals surface area contributed by atoms with Crippen LogP contribution in [-0.2, 0) is 0 Å². The number of anilines is 1. The molecular formula is C23H26N6O. The number of benzene rings is 2. The maximum atomic E-state index is 9.99. The average Bonchev–Trinajstić information content (AvgIpc) is 3.04. The van der Waals surface area contributed by atoms with Crippen LogP contribution in [0, 0.1) is 11.3 Å². The predicted molar refractivity (Wildman–Crippen MR) is 120 cm³/mol. The number of aliphatic imine (C=N–C) groups is 1. The van der Waals surface area contributed by atoms with Crippen LogP contribution in [0.25, 0.3) is 22.2 Å². The van der Waals surface area contributed by atoms with E-state index in [1.165, 1.54) is 6.42 Å². The van der Waals surface area contributed by atoms with Gasteiger partial charge in [-0.05, 0) is 49.1 Å². The molecule has 1 aliphatic rings. The number of rotatable bonds is 6. The van der Waals surface area contributed by atoms with Crippen molar-refractivity contribution in [1.29, 1.82) is 5.26 Å². The van der Waals surface area contributed by atoms with Gasteiger partial charge in [-0.2, -0.15) is 5.26 Å². The molecule has 154 valence electrons. The minimum absolute atomic E-state index is 0.387. The lowest BCUT2D eigenvalue weighted by Crippen LogP contribution is -2.31. The monoisotopic (exact) mass is 402 g/mol. The number of hydrogen-bond acceptors (Lipinski definition) is 5. The van der Waals surface area contributed by atoms with Gasteiger partial charge in [0.05, 0.1) is 23.4 Å². The number of hydrogen-bond donors (Lipinski definition) is 3. The summed E-state index contributed by atoms with van der Waals surface area (Å²) in [6.45, 7) is 0.461. The lowest BCUT2D eigenvalue weighted by Gasteiger charge is -2.30. The zero-order valence-electron chi connectivity index (χ0n) is 17.1. The van der Waals surface area contributed by atoms with Gasteiger partial charge >= 0.3 is 0 Å². The van der Waals surface area contributed by atoms with Gasteiger partial charge in [-0.25, -0.2) is 5.84 Å². The van der Waals surface area contributed by atoms with Gasteiger partial charge in [-0.15, -0.1) is 0 Å². The lowest BCUT2D eigenvalue weighted by molar-refractivity contribution is 0.321. The number of ether oxygens (including phenoxy) is 1. The van der Waals surface area contributed by atoms with Crippen molar-refractivity contribution >= 4 is 22.4 Å². The Morgan fingerprint density at radius 2 is 2.03 bits per heavy atom. The van der Waals surface area contributed by atoms with Crippen molar-refractivity contribution < 1.29 is 4.74 Å². The van der Waals surface area contributed by atoms with E-state index < -0.39 is 0 Å². The van der Waals surface area contributed by atoms with Crippen LogP contribution in [-0.4, -0.2) is 24.1 Å². The van der Waals surface area contributed by atoms with Crippen molar-refractivity contribution in [3.05, 3.63) is 48.0 Å². The van der Waals surface area contributed by atoms with Crippen LogP contribution in [0.3, 0.4) is 0 Å². The summed E-state index contributed by atoms with van der Waals surface area (Å²) in [5.41, 5.74) is 12.9. The summed E-state index contributed by atoms with van der Waals surface area (Å²) in [7, 11) is 1.69. The van der Waals surface area contributed by atoms with Gasteiger partial charge in [0.15, 0.2) is 0 Å². The Balaban J connectivity index is 1.77. The van der Waals surface area contributed by atoms with E-state index >= 15 is 0 Å². The second kappa shape index (κ2) is 8.47. The van der Waals surface area contributed by atoms with E-state index in [0.717, 1.165) is 40.8 Å². The molecule has 0 radical (unpaired) electrons.